The van der Waals surface area contributed by atoms with Gasteiger partial charge in [-0.05, 0) is 63.5 Å². The fourth-order valence-corrected chi connectivity index (χ4v) is 4.37. The van der Waals surface area contributed by atoms with Crippen molar-refractivity contribution < 1.29 is 13.2 Å². The summed E-state index contributed by atoms with van der Waals surface area (Å²) in [6.45, 7) is 6.01. The summed E-state index contributed by atoms with van der Waals surface area (Å²) in [5.74, 6) is -0.175. The molecule has 2 rings (SSSR count). The molecule has 1 saturated heterocycles. The average Bonchev–Trinajstić information content (AvgIpc) is 2.60. The lowest BCUT2D eigenvalue weighted by atomic mass is 10.0. The number of sulfonamides is 1. The second-order valence-corrected chi connectivity index (χ2v) is 8.46. The summed E-state index contributed by atoms with van der Waals surface area (Å²) < 4.78 is 27.5. The Balaban J connectivity index is 2.09. The van der Waals surface area contributed by atoms with Crippen molar-refractivity contribution in [3.05, 3.63) is 29.3 Å². The second-order valence-electron chi connectivity index (χ2n) is 6.31. The van der Waals surface area contributed by atoms with E-state index in [4.69, 9.17) is 11.6 Å². The van der Waals surface area contributed by atoms with Crippen LogP contribution in [0.3, 0.4) is 0 Å². The molecule has 1 atom stereocenters. The highest BCUT2D eigenvalue weighted by Gasteiger charge is 2.30. The molecule has 0 aromatic heterocycles. The van der Waals surface area contributed by atoms with E-state index in [1.54, 1.807) is 6.92 Å². The van der Waals surface area contributed by atoms with Gasteiger partial charge in [0.15, 0.2) is 0 Å². The SMILES string of the molecule is CCCN(C(=O)C(C)NS(=O)(=O)c1ccc(Cl)cc1)C1CCNCC1. The van der Waals surface area contributed by atoms with Gasteiger partial charge in [-0.3, -0.25) is 4.79 Å². The molecule has 1 unspecified atom stereocenters. The highest BCUT2D eigenvalue weighted by Crippen LogP contribution is 2.17. The second kappa shape index (κ2) is 8.98. The van der Waals surface area contributed by atoms with Gasteiger partial charge in [-0.2, -0.15) is 4.72 Å². The Morgan fingerprint density at radius 3 is 2.48 bits per heavy atom. The number of hydrogen-bond acceptors (Lipinski definition) is 4. The van der Waals surface area contributed by atoms with Crippen LogP contribution < -0.4 is 10.0 Å². The maximum Gasteiger partial charge on any atom is 0.241 e. The van der Waals surface area contributed by atoms with E-state index in [1.165, 1.54) is 24.3 Å². The van der Waals surface area contributed by atoms with Crippen LogP contribution in [0.5, 0.6) is 0 Å². The molecule has 2 N–H and O–H groups in total. The number of piperidine rings is 1. The standard InChI is InChI=1S/C17H26ClN3O3S/c1-3-12-21(15-8-10-19-11-9-15)17(22)13(2)20-25(23,24)16-6-4-14(18)5-7-16/h4-7,13,15,19-20H,3,8-12H2,1-2H3. The molecule has 1 heterocycles. The quantitative estimate of drug-likeness (QED) is 0.750. The number of benzene rings is 1. The van der Waals surface area contributed by atoms with Gasteiger partial charge in [0.25, 0.3) is 0 Å². The van der Waals surface area contributed by atoms with Crippen molar-refractivity contribution in [3.8, 4) is 0 Å². The van der Waals surface area contributed by atoms with Gasteiger partial charge in [0.1, 0.15) is 0 Å². The Morgan fingerprint density at radius 2 is 1.92 bits per heavy atom. The van der Waals surface area contributed by atoms with Crippen molar-refractivity contribution in [1.82, 2.24) is 14.9 Å². The van der Waals surface area contributed by atoms with Crippen LogP contribution in [0.1, 0.15) is 33.1 Å². The van der Waals surface area contributed by atoms with Gasteiger partial charge in [0, 0.05) is 17.6 Å². The van der Waals surface area contributed by atoms with Crippen LogP contribution in [0.15, 0.2) is 29.2 Å². The van der Waals surface area contributed by atoms with Gasteiger partial charge in [-0.15, -0.1) is 0 Å². The van der Waals surface area contributed by atoms with Crippen LogP contribution >= 0.6 is 11.6 Å². The molecule has 0 spiro atoms. The zero-order valence-corrected chi connectivity index (χ0v) is 16.2. The minimum atomic E-state index is -3.77. The van der Waals surface area contributed by atoms with Crippen LogP contribution in [0.25, 0.3) is 0 Å². The van der Waals surface area contributed by atoms with Gasteiger partial charge in [0.2, 0.25) is 15.9 Å². The monoisotopic (exact) mass is 387 g/mol. The molecule has 6 nitrogen and oxygen atoms in total. The van der Waals surface area contributed by atoms with Crippen molar-refractivity contribution in [3.63, 3.8) is 0 Å². The predicted octanol–water partition coefficient (Wildman–Crippen LogP) is 2.00. The van der Waals surface area contributed by atoms with E-state index >= 15 is 0 Å². The Labute approximate surface area is 155 Å². The van der Waals surface area contributed by atoms with E-state index in [-0.39, 0.29) is 16.8 Å². The van der Waals surface area contributed by atoms with E-state index < -0.39 is 16.1 Å². The zero-order valence-electron chi connectivity index (χ0n) is 14.7. The molecule has 25 heavy (non-hydrogen) atoms. The average molecular weight is 388 g/mol. The maximum absolute atomic E-state index is 12.9. The first-order chi connectivity index (χ1) is 11.8. The van der Waals surface area contributed by atoms with Gasteiger partial charge >= 0.3 is 0 Å². The van der Waals surface area contributed by atoms with E-state index in [2.05, 4.69) is 10.0 Å². The van der Waals surface area contributed by atoms with Crippen LogP contribution in [0.4, 0.5) is 0 Å². The Hall–Kier alpha value is -1.15. The number of rotatable bonds is 7. The molecule has 1 aromatic carbocycles. The van der Waals surface area contributed by atoms with Crippen molar-refractivity contribution in [2.75, 3.05) is 19.6 Å². The van der Waals surface area contributed by atoms with Crippen LogP contribution in [0, 0.1) is 0 Å². The van der Waals surface area contributed by atoms with Crippen molar-refractivity contribution in [1.29, 1.82) is 0 Å². The fourth-order valence-electron chi connectivity index (χ4n) is 3.05. The van der Waals surface area contributed by atoms with Crippen LogP contribution in [-0.2, 0) is 14.8 Å². The molecule has 0 bridgehead atoms. The lowest BCUT2D eigenvalue weighted by molar-refractivity contribution is -0.135. The van der Waals surface area contributed by atoms with Crippen molar-refractivity contribution in [2.24, 2.45) is 0 Å². The fraction of sp³-hybridized carbons (Fsp3) is 0.588. The third-order valence-corrected chi connectivity index (χ3v) is 6.13. The lowest BCUT2D eigenvalue weighted by Gasteiger charge is -2.36. The number of carbonyl (C=O) groups is 1. The number of hydrogen-bond donors (Lipinski definition) is 2. The molecule has 1 aliphatic heterocycles. The topological polar surface area (TPSA) is 78.5 Å². The Bertz CT molecular complexity index is 673. The molecular formula is C17H26ClN3O3S. The van der Waals surface area contributed by atoms with Gasteiger partial charge in [-0.25, -0.2) is 8.42 Å². The highest BCUT2D eigenvalue weighted by atomic mass is 35.5. The molecule has 0 aliphatic carbocycles. The minimum Gasteiger partial charge on any atom is -0.338 e. The first-order valence-corrected chi connectivity index (χ1v) is 10.5. The number of nitrogens with zero attached hydrogens (tertiary/aromatic N) is 1. The molecule has 1 amide bonds. The first-order valence-electron chi connectivity index (χ1n) is 8.64. The minimum absolute atomic E-state index is 0.0976. The smallest absolute Gasteiger partial charge is 0.241 e. The molecule has 1 aliphatic rings. The van der Waals surface area contributed by atoms with E-state index in [1.807, 2.05) is 11.8 Å². The largest absolute Gasteiger partial charge is 0.338 e. The molecule has 0 radical (unpaired) electrons. The number of carbonyl (C=O) groups excluding carboxylic acids is 1. The van der Waals surface area contributed by atoms with E-state index in [0.717, 1.165) is 32.4 Å². The Morgan fingerprint density at radius 1 is 1.32 bits per heavy atom. The maximum atomic E-state index is 12.9. The summed E-state index contributed by atoms with van der Waals surface area (Å²) in [6, 6.07) is 5.23. The highest BCUT2D eigenvalue weighted by molar-refractivity contribution is 7.89. The number of amides is 1. The summed E-state index contributed by atoms with van der Waals surface area (Å²) in [4.78, 5) is 14.8. The normalized spacial score (nSPS) is 17.2. The molecular weight excluding hydrogens is 362 g/mol. The van der Waals surface area contributed by atoms with Crippen LogP contribution in [-0.4, -0.2) is 50.9 Å². The molecule has 8 heteroatoms. The summed E-state index contributed by atoms with van der Waals surface area (Å²) in [7, 11) is -3.77. The third kappa shape index (κ3) is 5.41. The lowest BCUT2D eigenvalue weighted by Crippen LogP contribution is -2.53. The zero-order chi connectivity index (χ0) is 18.4. The van der Waals surface area contributed by atoms with E-state index in [0.29, 0.717) is 11.6 Å². The van der Waals surface area contributed by atoms with Crippen molar-refractivity contribution >= 4 is 27.5 Å². The predicted molar refractivity (Wildman–Crippen MR) is 99.1 cm³/mol. The summed E-state index contributed by atoms with van der Waals surface area (Å²) in [5, 5.41) is 3.75. The summed E-state index contributed by atoms with van der Waals surface area (Å²) in [5.41, 5.74) is 0. The number of halogens is 1. The number of nitrogens with one attached hydrogen (secondary N) is 2. The Kier molecular flexibility index (Phi) is 7.25. The summed E-state index contributed by atoms with van der Waals surface area (Å²) in [6.07, 6.45) is 2.62. The van der Waals surface area contributed by atoms with E-state index in [9.17, 15) is 13.2 Å². The van der Waals surface area contributed by atoms with Crippen molar-refractivity contribution in [2.45, 2.75) is 50.1 Å². The molecule has 0 saturated carbocycles. The van der Waals surface area contributed by atoms with Gasteiger partial charge in [0.05, 0.1) is 10.9 Å². The van der Waals surface area contributed by atoms with Gasteiger partial charge < -0.3 is 10.2 Å². The van der Waals surface area contributed by atoms with Crippen LogP contribution in [0.2, 0.25) is 5.02 Å². The first kappa shape index (κ1) is 20.2. The third-order valence-electron chi connectivity index (χ3n) is 4.32. The molecule has 140 valence electrons. The van der Waals surface area contributed by atoms with Gasteiger partial charge in [-0.1, -0.05) is 18.5 Å². The summed E-state index contributed by atoms with van der Waals surface area (Å²) >= 11 is 5.80. The molecule has 1 fully saturated rings. The molecule has 1 aromatic rings.